The van der Waals surface area contributed by atoms with Crippen molar-refractivity contribution >= 4 is 12.1 Å². The highest BCUT2D eigenvalue weighted by Crippen LogP contribution is 2.33. The summed E-state index contributed by atoms with van der Waals surface area (Å²) in [5.41, 5.74) is -1.96. The van der Waals surface area contributed by atoms with E-state index in [1.165, 1.54) is 12.1 Å². The number of carbonyl (C=O) groups is 2. The van der Waals surface area contributed by atoms with Crippen LogP contribution in [0.15, 0.2) is 36.4 Å². The van der Waals surface area contributed by atoms with Crippen LogP contribution in [0.25, 0.3) is 0 Å². The van der Waals surface area contributed by atoms with Gasteiger partial charge in [0.1, 0.15) is 5.60 Å². The highest BCUT2D eigenvalue weighted by Gasteiger charge is 2.33. The average molecular weight is 444 g/mol. The minimum Gasteiger partial charge on any atom is -0.481 e. The van der Waals surface area contributed by atoms with Crippen LogP contribution in [0.3, 0.4) is 0 Å². The molecular formula is C23H32F3NO4. The normalized spacial score (nSPS) is 14.9. The van der Waals surface area contributed by atoms with Gasteiger partial charge in [-0.2, -0.15) is 13.2 Å². The van der Waals surface area contributed by atoms with E-state index in [4.69, 9.17) is 4.74 Å². The molecule has 0 aliphatic carbocycles. The maximum Gasteiger partial charge on any atom is 0.416 e. The van der Waals surface area contributed by atoms with Crippen molar-refractivity contribution in [2.75, 3.05) is 0 Å². The Hall–Kier alpha value is -2.51. The van der Waals surface area contributed by atoms with Crippen LogP contribution >= 0.6 is 0 Å². The number of nitrogens with one attached hydrogen (secondary N) is 1. The number of carboxylic acid groups (broad SMARTS) is 1. The molecule has 0 radical (unpaired) electrons. The SMILES string of the molecule is CC=C[C@@H](c1ccc(C(F)(F)F)cc1)[C@H](CCC(C)(C)C(=O)O)NC(=O)OC(C)(C)C. The van der Waals surface area contributed by atoms with Crippen LogP contribution in [0.2, 0.25) is 0 Å². The highest BCUT2D eigenvalue weighted by atomic mass is 19.4. The molecule has 0 spiro atoms. The number of carbonyl (C=O) groups excluding carboxylic acids is 1. The molecule has 0 aliphatic heterocycles. The van der Waals surface area contributed by atoms with Gasteiger partial charge in [0.25, 0.3) is 0 Å². The second kappa shape index (κ2) is 10.2. The Morgan fingerprint density at radius 1 is 1.10 bits per heavy atom. The van der Waals surface area contributed by atoms with Gasteiger partial charge in [-0.15, -0.1) is 0 Å². The number of halogens is 3. The van der Waals surface area contributed by atoms with Crippen molar-refractivity contribution in [3.05, 3.63) is 47.5 Å². The number of ether oxygens (including phenoxy) is 1. The number of hydrogen-bond acceptors (Lipinski definition) is 3. The first-order valence-electron chi connectivity index (χ1n) is 10.1. The third-order valence-electron chi connectivity index (χ3n) is 4.82. The van der Waals surface area contributed by atoms with Gasteiger partial charge in [0, 0.05) is 12.0 Å². The fraction of sp³-hybridized carbons (Fsp3) is 0.565. The summed E-state index contributed by atoms with van der Waals surface area (Å²) in [5.74, 6) is -1.44. The van der Waals surface area contributed by atoms with Crippen LogP contribution < -0.4 is 5.32 Å². The van der Waals surface area contributed by atoms with Crippen molar-refractivity contribution in [3.63, 3.8) is 0 Å². The maximum absolute atomic E-state index is 12.9. The van der Waals surface area contributed by atoms with Gasteiger partial charge in [0.05, 0.1) is 11.0 Å². The molecule has 31 heavy (non-hydrogen) atoms. The molecule has 0 heterocycles. The molecule has 1 aromatic carbocycles. The lowest BCUT2D eigenvalue weighted by Crippen LogP contribution is -2.42. The van der Waals surface area contributed by atoms with Gasteiger partial charge in [0.2, 0.25) is 0 Å². The van der Waals surface area contributed by atoms with Crippen molar-refractivity contribution < 1.29 is 32.6 Å². The molecule has 2 N–H and O–H groups in total. The number of hydrogen-bond donors (Lipinski definition) is 2. The van der Waals surface area contributed by atoms with Gasteiger partial charge in [-0.25, -0.2) is 4.79 Å². The van der Waals surface area contributed by atoms with E-state index in [1.807, 2.05) is 0 Å². The van der Waals surface area contributed by atoms with Gasteiger partial charge in [-0.3, -0.25) is 4.79 Å². The van der Waals surface area contributed by atoms with Crippen LogP contribution in [0.5, 0.6) is 0 Å². The van der Waals surface area contributed by atoms with Crippen molar-refractivity contribution in [1.82, 2.24) is 5.32 Å². The molecule has 0 unspecified atom stereocenters. The van der Waals surface area contributed by atoms with E-state index in [1.54, 1.807) is 53.7 Å². The lowest BCUT2D eigenvalue weighted by atomic mass is 9.81. The molecule has 1 aromatic rings. The molecule has 0 aromatic heterocycles. The zero-order chi connectivity index (χ0) is 24.0. The first-order chi connectivity index (χ1) is 14.1. The number of alkyl halides is 3. The Kier molecular flexibility index (Phi) is 8.73. The lowest BCUT2D eigenvalue weighted by Gasteiger charge is -2.30. The predicted octanol–water partition coefficient (Wildman–Crippen LogP) is 6.15. The first-order valence-corrected chi connectivity index (χ1v) is 10.1. The van der Waals surface area contributed by atoms with Crippen molar-refractivity contribution in [2.24, 2.45) is 5.41 Å². The zero-order valence-electron chi connectivity index (χ0n) is 18.8. The van der Waals surface area contributed by atoms with E-state index in [9.17, 15) is 27.9 Å². The summed E-state index contributed by atoms with van der Waals surface area (Å²) in [5, 5.41) is 12.2. The number of aliphatic carboxylic acids is 1. The minimum absolute atomic E-state index is 0.248. The first kappa shape index (κ1) is 26.5. The number of alkyl carbamates (subject to hydrolysis) is 1. The smallest absolute Gasteiger partial charge is 0.416 e. The second-order valence-corrected chi connectivity index (χ2v) is 9.15. The molecule has 0 saturated heterocycles. The van der Waals surface area contributed by atoms with Gasteiger partial charge >= 0.3 is 18.2 Å². The molecule has 1 amide bonds. The third kappa shape index (κ3) is 8.63. The quantitative estimate of drug-likeness (QED) is 0.473. The number of benzene rings is 1. The summed E-state index contributed by atoms with van der Waals surface area (Å²) < 4.78 is 44.2. The van der Waals surface area contributed by atoms with Crippen molar-refractivity contribution in [3.8, 4) is 0 Å². The number of amides is 1. The molecule has 174 valence electrons. The molecule has 0 aliphatic rings. The molecule has 0 bridgehead atoms. The lowest BCUT2D eigenvalue weighted by molar-refractivity contribution is -0.147. The fourth-order valence-corrected chi connectivity index (χ4v) is 3.00. The van der Waals surface area contributed by atoms with E-state index in [2.05, 4.69) is 5.32 Å². The van der Waals surface area contributed by atoms with Crippen LogP contribution in [0, 0.1) is 5.41 Å². The zero-order valence-corrected chi connectivity index (χ0v) is 18.8. The molecule has 0 fully saturated rings. The number of allylic oxidation sites excluding steroid dienone is 1. The number of rotatable bonds is 8. The Morgan fingerprint density at radius 2 is 1.65 bits per heavy atom. The summed E-state index contributed by atoms with van der Waals surface area (Å²) in [6.45, 7) is 10.1. The predicted molar refractivity (Wildman–Crippen MR) is 113 cm³/mol. The molecular weight excluding hydrogens is 411 g/mol. The van der Waals surface area contributed by atoms with E-state index < -0.39 is 46.8 Å². The fourth-order valence-electron chi connectivity index (χ4n) is 3.00. The summed E-state index contributed by atoms with van der Waals surface area (Å²) in [6.07, 6.45) is -1.07. The van der Waals surface area contributed by atoms with Crippen LogP contribution in [-0.4, -0.2) is 28.8 Å². The third-order valence-corrected chi connectivity index (χ3v) is 4.82. The van der Waals surface area contributed by atoms with Crippen LogP contribution in [-0.2, 0) is 15.7 Å². The van der Waals surface area contributed by atoms with Gasteiger partial charge in [-0.1, -0.05) is 24.3 Å². The molecule has 2 atom stereocenters. The largest absolute Gasteiger partial charge is 0.481 e. The maximum atomic E-state index is 12.9. The molecule has 5 nitrogen and oxygen atoms in total. The standard InChI is InChI=1S/C23H32F3NO4/c1-7-8-17(15-9-11-16(12-10-15)23(24,25)26)18(13-14-22(5,6)19(28)29)27-20(30)31-21(2,3)4/h7-12,17-18H,13-14H2,1-6H3,(H,27,30)(H,28,29)/t17-,18-/m0/s1. The summed E-state index contributed by atoms with van der Waals surface area (Å²) in [4.78, 5) is 23.9. The van der Waals surface area contributed by atoms with Gasteiger partial charge in [0.15, 0.2) is 0 Å². The average Bonchev–Trinajstić information content (AvgIpc) is 2.61. The van der Waals surface area contributed by atoms with Crippen molar-refractivity contribution in [2.45, 2.75) is 78.1 Å². The van der Waals surface area contributed by atoms with Gasteiger partial charge < -0.3 is 15.2 Å². The van der Waals surface area contributed by atoms with Gasteiger partial charge in [-0.05, 0) is 72.1 Å². The van der Waals surface area contributed by atoms with Crippen LogP contribution in [0.4, 0.5) is 18.0 Å². The Balaban J connectivity index is 3.25. The van der Waals surface area contributed by atoms with E-state index in [-0.39, 0.29) is 12.8 Å². The Morgan fingerprint density at radius 3 is 2.06 bits per heavy atom. The van der Waals surface area contributed by atoms with E-state index in [0.29, 0.717) is 5.56 Å². The van der Waals surface area contributed by atoms with Crippen molar-refractivity contribution in [1.29, 1.82) is 0 Å². The topological polar surface area (TPSA) is 75.6 Å². The number of carboxylic acids is 1. The molecule has 8 heteroatoms. The highest BCUT2D eigenvalue weighted by molar-refractivity contribution is 5.73. The van der Waals surface area contributed by atoms with E-state index >= 15 is 0 Å². The Bertz CT molecular complexity index is 777. The Labute approximate surface area is 181 Å². The van der Waals surface area contributed by atoms with E-state index in [0.717, 1.165) is 12.1 Å². The van der Waals surface area contributed by atoms with Crippen LogP contribution in [0.1, 0.15) is 71.4 Å². The molecule has 1 rings (SSSR count). The summed E-state index contributed by atoms with van der Waals surface area (Å²) in [7, 11) is 0. The summed E-state index contributed by atoms with van der Waals surface area (Å²) in [6, 6.07) is 4.16. The molecule has 0 saturated carbocycles. The summed E-state index contributed by atoms with van der Waals surface area (Å²) >= 11 is 0. The minimum atomic E-state index is -4.45. The second-order valence-electron chi connectivity index (χ2n) is 9.15. The monoisotopic (exact) mass is 443 g/mol.